The van der Waals surface area contributed by atoms with Crippen LogP contribution in [0.25, 0.3) is 11.1 Å². The standard InChI is InChI=1S/C24H26N4O2S/c25-24(26)22-8-6-19(7-9-22)18-27-14-16-28(17-15-27)31(29,30)23-12-10-21(11-13-23)20-4-2-1-3-5-20/h1-13H,14-18H2,(H3,25,26). The fourth-order valence-electron chi connectivity index (χ4n) is 3.77. The summed E-state index contributed by atoms with van der Waals surface area (Å²) in [7, 11) is -3.50. The molecule has 6 nitrogen and oxygen atoms in total. The zero-order valence-corrected chi connectivity index (χ0v) is 18.1. The maximum Gasteiger partial charge on any atom is 0.243 e. The maximum atomic E-state index is 13.1. The van der Waals surface area contributed by atoms with E-state index in [1.165, 1.54) is 0 Å². The fourth-order valence-corrected chi connectivity index (χ4v) is 5.20. The van der Waals surface area contributed by atoms with Gasteiger partial charge in [0.15, 0.2) is 0 Å². The van der Waals surface area contributed by atoms with Crippen molar-refractivity contribution in [2.45, 2.75) is 11.4 Å². The summed E-state index contributed by atoms with van der Waals surface area (Å²) in [6.45, 7) is 3.03. The Balaban J connectivity index is 1.38. The lowest BCUT2D eigenvalue weighted by Gasteiger charge is -2.34. The van der Waals surface area contributed by atoms with E-state index in [-0.39, 0.29) is 5.84 Å². The fraction of sp³-hybridized carbons (Fsp3) is 0.208. The van der Waals surface area contributed by atoms with Gasteiger partial charge in [-0.3, -0.25) is 10.3 Å². The number of amidine groups is 1. The Hall–Kier alpha value is -3.00. The summed E-state index contributed by atoms with van der Waals surface area (Å²) >= 11 is 0. The molecule has 0 aliphatic carbocycles. The molecule has 3 N–H and O–H groups in total. The minimum atomic E-state index is -3.50. The number of sulfonamides is 1. The Bertz CT molecular complexity index is 1140. The Kier molecular flexibility index (Phi) is 6.18. The Morgan fingerprint density at radius 1 is 0.806 bits per heavy atom. The molecular formula is C24H26N4O2S. The highest BCUT2D eigenvalue weighted by Gasteiger charge is 2.28. The molecule has 0 saturated carbocycles. The van der Waals surface area contributed by atoms with E-state index in [0.717, 1.165) is 23.2 Å². The summed E-state index contributed by atoms with van der Waals surface area (Å²) in [5, 5.41) is 7.47. The van der Waals surface area contributed by atoms with Crippen LogP contribution in [0.3, 0.4) is 0 Å². The monoisotopic (exact) mass is 434 g/mol. The molecule has 1 saturated heterocycles. The summed E-state index contributed by atoms with van der Waals surface area (Å²) in [4.78, 5) is 2.58. The first-order valence-electron chi connectivity index (χ1n) is 10.2. The highest BCUT2D eigenvalue weighted by atomic mass is 32.2. The smallest absolute Gasteiger partial charge is 0.243 e. The number of nitrogens with one attached hydrogen (secondary N) is 1. The van der Waals surface area contributed by atoms with Gasteiger partial charge in [-0.15, -0.1) is 0 Å². The minimum Gasteiger partial charge on any atom is -0.384 e. The number of rotatable bonds is 6. The third-order valence-electron chi connectivity index (χ3n) is 5.60. The predicted octanol–water partition coefficient (Wildman–Crippen LogP) is 3.14. The van der Waals surface area contributed by atoms with Crippen LogP contribution in [0.15, 0.2) is 83.8 Å². The van der Waals surface area contributed by atoms with Crippen LogP contribution in [0, 0.1) is 5.41 Å². The molecule has 0 spiro atoms. The van der Waals surface area contributed by atoms with Crippen LogP contribution in [0.4, 0.5) is 0 Å². The minimum absolute atomic E-state index is 0.0576. The first kappa shape index (κ1) is 21.2. The van der Waals surface area contributed by atoms with Gasteiger partial charge >= 0.3 is 0 Å². The van der Waals surface area contributed by atoms with Crippen LogP contribution in [0.1, 0.15) is 11.1 Å². The lowest BCUT2D eigenvalue weighted by Crippen LogP contribution is -2.48. The molecular weight excluding hydrogens is 408 g/mol. The van der Waals surface area contributed by atoms with Crippen LogP contribution in [0.2, 0.25) is 0 Å². The van der Waals surface area contributed by atoms with E-state index < -0.39 is 10.0 Å². The van der Waals surface area contributed by atoms with E-state index in [1.54, 1.807) is 16.4 Å². The maximum absolute atomic E-state index is 13.1. The normalized spacial score (nSPS) is 15.6. The molecule has 31 heavy (non-hydrogen) atoms. The van der Waals surface area contributed by atoms with Gasteiger partial charge in [0.05, 0.1) is 4.90 Å². The molecule has 7 heteroatoms. The molecule has 3 aromatic rings. The Labute approximate surface area is 183 Å². The molecule has 0 atom stereocenters. The first-order valence-corrected chi connectivity index (χ1v) is 11.7. The van der Waals surface area contributed by atoms with Crippen LogP contribution < -0.4 is 5.73 Å². The lowest BCUT2D eigenvalue weighted by atomic mass is 10.1. The molecule has 0 bridgehead atoms. The zero-order valence-electron chi connectivity index (χ0n) is 17.2. The van der Waals surface area contributed by atoms with E-state index in [1.807, 2.05) is 66.7 Å². The quantitative estimate of drug-likeness (QED) is 0.461. The van der Waals surface area contributed by atoms with Crippen molar-refractivity contribution in [1.82, 2.24) is 9.21 Å². The van der Waals surface area contributed by atoms with Crippen molar-refractivity contribution in [3.8, 4) is 11.1 Å². The van der Waals surface area contributed by atoms with Crippen molar-refractivity contribution in [3.05, 3.63) is 90.0 Å². The summed E-state index contributed by atoms with van der Waals surface area (Å²) in [5.41, 5.74) is 9.40. The van der Waals surface area contributed by atoms with E-state index in [9.17, 15) is 8.42 Å². The third kappa shape index (κ3) is 4.85. The Morgan fingerprint density at radius 3 is 1.97 bits per heavy atom. The molecule has 1 aliphatic heterocycles. The number of nitrogens with zero attached hydrogens (tertiary/aromatic N) is 2. The number of hydrogen-bond donors (Lipinski definition) is 2. The van der Waals surface area contributed by atoms with Gasteiger partial charge in [0, 0.05) is 38.3 Å². The molecule has 0 radical (unpaired) electrons. The summed E-state index contributed by atoms with van der Waals surface area (Å²) in [6, 6.07) is 24.7. The van der Waals surface area contributed by atoms with Crippen LogP contribution >= 0.6 is 0 Å². The molecule has 160 valence electrons. The largest absolute Gasteiger partial charge is 0.384 e. The zero-order chi connectivity index (χ0) is 21.8. The molecule has 1 heterocycles. The van der Waals surface area contributed by atoms with Gasteiger partial charge in [-0.2, -0.15) is 4.31 Å². The highest BCUT2D eigenvalue weighted by Crippen LogP contribution is 2.23. The summed E-state index contributed by atoms with van der Waals surface area (Å²) in [6.07, 6.45) is 0. The van der Waals surface area contributed by atoms with E-state index in [0.29, 0.717) is 36.6 Å². The van der Waals surface area contributed by atoms with Crippen LogP contribution in [-0.2, 0) is 16.6 Å². The predicted molar refractivity (Wildman–Crippen MR) is 123 cm³/mol. The highest BCUT2D eigenvalue weighted by molar-refractivity contribution is 7.89. The number of nitrogen functional groups attached to an aromatic ring is 1. The number of hydrogen-bond acceptors (Lipinski definition) is 4. The van der Waals surface area contributed by atoms with E-state index in [4.69, 9.17) is 11.1 Å². The van der Waals surface area contributed by atoms with Crippen molar-refractivity contribution in [2.24, 2.45) is 5.73 Å². The second-order valence-electron chi connectivity index (χ2n) is 7.68. The van der Waals surface area contributed by atoms with Gasteiger partial charge in [0.2, 0.25) is 10.0 Å². The van der Waals surface area contributed by atoms with Crippen molar-refractivity contribution in [2.75, 3.05) is 26.2 Å². The average Bonchev–Trinajstić information content (AvgIpc) is 2.80. The van der Waals surface area contributed by atoms with Crippen molar-refractivity contribution in [3.63, 3.8) is 0 Å². The Morgan fingerprint density at radius 2 is 1.39 bits per heavy atom. The van der Waals surface area contributed by atoms with Crippen molar-refractivity contribution in [1.29, 1.82) is 5.41 Å². The summed E-state index contributed by atoms with van der Waals surface area (Å²) < 4.78 is 27.7. The van der Waals surface area contributed by atoms with Gasteiger partial charge in [-0.05, 0) is 28.8 Å². The van der Waals surface area contributed by atoms with E-state index in [2.05, 4.69) is 4.90 Å². The topological polar surface area (TPSA) is 90.5 Å². The molecule has 1 fully saturated rings. The molecule has 3 aromatic carbocycles. The summed E-state index contributed by atoms with van der Waals surface area (Å²) in [5.74, 6) is 0.0576. The third-order valence-corrected chi connectivity index (χ3v) is 7.51. The van der Waals surface area contributed by atoms with Gasteiger partial charge in [-0.25, -0.2) is 8.42 Å². The van der Waals surface area contributed by atoms with Crippen LogP contribution in [0.5, 0.6) is 0 Å². The second kappa shape index (κ2) is 9.01. The SMILES string of the molecule is N=C(N)c1ccc(CN2CCN(S(=O)(=O)c3ccc(-c4ccccc4)cc3)CC2)cc1. The van der Waals surface area contributed by atoms with E-state index >= 15 is 0 Å². The van der Waals surface area contributed by atoms with Gasteiger partial charge in [-0.1, -0.05) is 66.7 Å². The van der Waals surface area contributed by atoms with Crippen LogP contribution in [-0.4, -0.2) is 49.6 Å². The molecule has 0 amide bonds. The second-order valence-corrected chi connectivity index (χ2v) is 9.62. The van der Waals surface area contributed by atoms with Gasteiger partial charge in [0.25, 0.3) is 0 Å². The number of piperazine rings is 1. The van der Waals surface area contributed by atoms with Crippen molar-refractivity contribution < 1.29 is 8.42 Å². The van der Waals surface area contributed by atoms with Gasteiger partial charge in [0.1, 0.15) is 5.84 Å². The number of nitrogens with two attached hydrogens (primary N) is 1. The molecule has 4 rings (SSSR count). The molecule has 0 aromatic heterocycles. The van der Waals surface area contributed by atoms with Crippen molar-refractivity contribution >= 4 is 15.9 Å². The number of benzene rings is 3. The molecule has 1 aliphatic rings. The van der Waals surface area contributed by atoms with Gasteiger partial charge < -0.3 is 5.73 Å². The first-order chi connectivity index (χ1) is 14.9. The molecule has 0 unspecified atom stereocenters. The lowest BCUT2D eigenvalue weighted by molar-refractivity contribution is 0.181. The average molecular weight is 435 g/mol.